The summed E-state index contributed by atoms with van der Waals surface area (Å²) in [4.78, 5) is 6.36. The lowest BCUT2D eigenvalue weighted by atomic mass is 9.98. The highest BCUT2D eigenvalue weighted by Crippen LogP contribution is 2.29. The van der Waals surface area contributed by atoms with E-state index in [1.165, 1.54) is 0 Å². The van der Waals surface area contributed by atoms with E-state index in [1.807, 2.05) is 0 Å². The highest BCUT2D eigenvalue weighted by Gasteiger charge is 2.22. The van der Waals surface area contributed by atoms with Gasteiger partial charge in [-0.2, -0.15) is 0 Å². The molecule has 1 fully saturated rings. The predicted molar refractivity (Wildman–Crippen MR) is 72.3 cm³/mol. The van der Waals surface area contributed by atoms with Crippen molar-refractivity contribution in [3.63, 3.8) is 0 Å². The third-order valence-electron chi connectivity index (χ3n) is 3.33. The number of nitrogens with one attached hydrogen (secondary N) is 1. The molecular formula is C12H17ClN4O. The van der Waals surface area contributed by atoms with Crippen molar-refractivity contribution in [2.24, 2.45) is 11.7 Å². The summed E-state index contributed by atoms with van der Waals surface area (Å²) in [5, 5.41) is 17.0. The topological polar surface area (TPSA) is 86.2 Å². The van der Waals surface area contributed by atoms with Gasteiger partial charge in [-0.1, -0.05) is 11.6 Å². The summed E-state index contributed by atoms with van der Waals surface area (Å²) < 4.78 is 0. The summed E-state index contributed by atoms with van der Waals surface area (Å²) in [7, 11) is 0. The van der Waals surface area contributed by atoms with Gasteiger partial charge in [0.1, 0.15) is 11.7 Å². The molecule has 0 amide bonds. The number of nitrogen functional groups attached to an aromatic ring is 1. The molecule has 0 radical (unpaired) electrons. The van der Waals surface area contributed by atoms with Crippen LogP contribution in [-0.4, -0.2) is 35.6 Å². The van der Waals surface area contributed by atoms with Gasteiger partial charge in [0.2, 0.25) is 0 Å². The number of pyridine rings is 1. The molecule has 18 heavy (non-hydrogen) atoms. The van der Waals surface area contributed by atoms with Gasteiger partial charge in [0.25, 0.3) is 0 Å². The highest BCUT2D eigenvalue weighted by atomic mass is 35.5. The highest BCUT2D eigenvalue weighted by molar-refractivity contribution is 6.36. The maximum absolute atomic E-state index is 9.11. The van der Waals surface area contributed by atoms with Crippen LogP contribution >= 0.6 is 11.6 Å². The molecule has 0 spiro atoms. The van der Waals surface area contributed by atoms with Crippen LogP contribution in [-0.2, 0) is 0 Å². The minimum atomic E-state index is -0.0473. The molecule has 1 aliphatic rings. The number of anilines is 1. The van der Waals surface area contributed by atoms with Crippen molar-refractivity contribution >= 4 is 23.3 Å². The fraction of sp³-hybridized carbons (Fsp3) is 0.500. The second-order valence-electron chi connectivity index (χ2n) is 4.52. The Hall–Kier alpha value is -1.33. The molecule has 6 heteroatoms. The number of aromatic nitrogens is 1. The van der Waals surface area contributed by atoms with Crippen LogP contribution in [0.2, 0.25) is 5.02 Å². The van der Waals surface area contributed by atoms with Crippen molar-refractivity contribution in [2.45, 2.75) is 12.8 Å². The van der Waals surface area contributed by atoms with E-state index < -0.39 is 0 Å². The fourth-order valence-electron chi connectivity index (χ4n) is 2.19. The number of amidine groups is 1. The first kappa shape index (κ1) is 13.1. The molecule has 5 nitrogen and oxygen atoms in total. The van der Waals surface area contributed by atoms with Gasteiger partial charge in [0.15, 0.2) is 0 Å². The minimum Gasteiger partial charge on any atom is -0.396 e. The van der Waals surface area contributed by atoms with Crippen LogP contribution in [0.5, 0.6) is 0 Å². The van der Waals surface area contributed by atoms with Gasteiger partial charge in [0, 0.05) is 31.5 Å². The molecule has 0 saturated carbocycles. The summed E-state index contributed by atoms with van der Waals surface area (Å²) in [5.74, 6) is 1.01. The molecule has 98 valence electrons. The van der Waals surface area contributed by atoms with E-state index in [2.05, 4.69) is 9.88 Å². The average Bonchev–Trinajstić information content (AvgIpc) is 2.39. The molecule has 0 aromatic carbocycles. The molecular weight excluding hydrogens is 252 g/mol. The number of hydrogen-bond acceptors (Lipinski definition) is 4. The third-order valence-corrected chi connectivity index (χ3v) is 3.71. The molecule has 2 heterocycles. The lowest BCUT2D eigenvalue weighted by Crippen LogP contribution is -2.35. The number of hydrogen-bond donors (Lipinski definition) is 3. The van der Waals surface area contributed by atoms with Gasteiger partial charge >= 0.3 is 0 Å². The number of rotatable bonds is 3. The molecule has 1 saturated heterocycles. The number of nitrogens with zero attached hydrogens (tertiary/aromatic N) is 2. The Morgan fingerprint density at radius 1 is 1.56 bits per heavy atom. The number of piperidine rings is 1. The van der Waals surface area contributed by atoms with E-state index in [-0.39, 0.29) is 12.4 Å². The molecule has 2 rings (SSSR count). The zero-order valence-electron chi connectivity index (χ0n) is 10.1. The normalized spacial score (nSPS) is 16.9. The Bertz CT molecular complexity index is 444. The summed E-state index contributed by atoms with van der Waals surface area (Å²) in [6.07, 6.45) is 3.48. The fourth-order valence-corrected chi connectivity index (χ4v) is 2.52. The van der Waals surface area contributed by atoms with Gasteiger partial charge in [-0.3, -0.25) is 5.41 Å². The molecule has 0 aliphatic carbocycles. The largest absolute Gasteiger partial charge is 0.396 e. The number of aliphatic hydroxyl groups is 1. The molecule has 1 aliphatic heterocycles. The first-order valence-corrected chi connectivity index (χ1v) is 6.36. The zero-order valence-corrected chi connectivity index (χ0v) is 10.8. The smallest absolute Gasteiger partial charge is 0.148 e. The first-order chi connectivity index (χ1) is 8.63. The summed E-state index contributed by atoms with van der Waals surface area (Å²) in [6.45, 7) is 1.88. The Kier molecular flexibility index (Phi) is 4.04. The lowest BCUT2D eigenvalue weighted by Gasteiger charge is -2.32. The van der Waals surface area contributed by atoms with Crippen LogP contribution < -0.4 is 10.6 Å². The first-order valence-electron chi connectivity index (χ1n) is 5.98. The van der Waals surface area contributed by atoms with Crippen molar-refractivity contribution in [3.05, 3.63) is 22.8 Å². The Morgan fingerprint density at radius 2 is 2.22 bits per heavy atom. The second kappa shape index (κ2) is 5.54. The maximum atomic E-state index is 9.11. The van der Waals surface area contributed by atoms with E-state index in [4.69, 9.17) is 27.9 Å². The molecule has 0 bridgehead atoms. The Balaban J connectivity index is 2.19. The van der Waals surface area contributed by atoms with Crippen molar-refractivity contribution in [3.8, 4) is 0 Å². The van der Waals surface area contributed by atoms with E-state index in [9.17, 15) is 0 Å². The van der Waals surface area contributed by atoms with E-state index >= 15 is 0 Å². The minimum absolute atomic E-state index is 0.0473. The standard InChI is InChI=1S/C12H17ClN4O/c13-10-9(11(14)15)1-4-16-12(10)17-5-2-8(7-18)3-6-17/h1,4,8,18H,2-3,5-7H2,(H3,14,15). The number of aliphatic hydroxyl groups excluding tert-OH is 1. The predicted octanol–water partition coefficient (Wildman–Crippen LogP) is 1.23. The molecule has 1 aromatic heterocycles. The van der Waals surface area contributed by atoms with Crippen molar-refractivity contribution in [1.29, 1.82) is 5.41 Å². The van der Waals surface area contributed by atoms with Gasteiger partial charge in [-0.25, -0.2) is 4.98 Å². The number of nitrogens with two attached hydrogens (primary N) is 1. The van der Waals surface area contributed by atoms with Crippen LogP contribution in [0.3, 0.4) is 0 Å². The van der Waals surface area contributed by atoms with Gasteiger partial charge in [-0.05, 0) is 24.8 Å². The van der Waals surface area contributed by atoms with E-state index in [1.54, 1.807) is 12.3 Å². The van der Waals surface area contributed by atoms with Crippen molar-refractivity contribution < 1.29 is 5.11 Å². The quantitative estimate of drug-likeness (QED) is 0.568. The van der Waals surface area contributed by atoms with E-state index in [0.717, 1.165) is 25.9 Å². The molecule has 4 N–H and O–H groups in total. The Morgan fingerprint density at radius 3 is 2.78 bits per heavy atom. The lowest BCUT2D eigenvalue weighted by molar-refractivity contribution is 0.203. The van der Waals surface area contributed by atoms with Crippen molar-refractivity contribution in [2.75, 3.05) is 24.6 Å². The van der Waals surface area contributed by atoms with Crippen LogP contribution in [0.25, 0.3) is 0 Å². The van der Waals surface area contributed by atoms with Gasteiger partial charge in [-0.15, -0.1) is 0 Å². The van der Waals surface area contributed by atoms with Gasteiger partial charge < -0.3 is 15.7 Å². The van der Waals surface area contributed by atoms with Crippen molar-refractivity contribution in [1.82, 2.24) is 4.98 Å². The van der Waals surface area contributed by atoms with Crippen LogP contribution in [0, 0.1) is 11.3 Å². The monoisotopic (exact) mass is 268 g/mol. The zero-order chi connectivity index (χ0) is 13.1. The molecule has 0 unspecified atom stereocenters. The second-order valence-corrected chi connectivity index (χ2v) is 4.90. The maximum Gasteiger partial charge on any atom is 0.148 e. The van der Waals surface area contributed by atoms with Crippen LogP contribution in [0.4, 0.5) is 5.82 Å². The van der Waals surface area contributed by atoms with Crippen LogP contribution in [0.1, 0.15) is 18.4 Å². The van der Waals surface area contributed by atoms with E-state index in [0.29, 0.717) is 22.3 Å². The average molecular weight is 269 g/mol. The summed E-state index contributed by atoms with van der Waals surface area (Å²) in [5.41, 5.74) is 6.00. The third kappa shape index (κ3) is 2.57. The van der Waals surface area contributed by atoms with Gasteiger partial charge in [0.05, 0.1) is 5.02 Å². The number of halogens is 1. The molecule has 1 aromatic rings. The Labute approximate surface area is 111 Å². The molecule has 0 atom stereocenters. The SMILES string of the molecule is N=C(N)c1ccnc(N2CCC(CO)CC2)c1Cl. The summed E-state index contributed by atoms with van der Waals surface area (Å²) in [6, 6.07) is 1.65. The van der Waals surface area contributed by atoms with Crippen LogP contribution in [0.15, 0.2) is 12.3 Å². The summed E-state index contributed by atoms with van der Waals surface area (Å²) >= 11 is 6.23.